The molecule has 2 N–H and O–H groups in total. The summed E-state index contributed by atoms with van der Waals surface area (Å²) in [5.41, 5.74) is 9.86. The van der Waals surface area contributed by atoms with Gasteiger partial charge in [-0.05, 0) is 102 Å². The molecule has 0 aromatic carbocycles. The van der Waals surface area contributed by atoms with Gasteiger partial charge >= 0.3 is 0 Å². The minimum absolute atomic E-state index is 0.0422. The molecule has 5 rings (SSSR count). The summed E-state index contributed by atoms with van der Waals surface area (Å²) < 4.78 is 0. The van der Waals surface area contributed by atoms with Crippen LogP contribution in [0, 0.1) is 12.8 Å². The summed E-state index contributed by atoms with van der Waals surface area (Å²) in [5.74, 6) is 1.10. The van der Waals surface area contributed by atoms with Gasteiger partial charge in [-0.2, -0.15) is 5.10 Å². The Morgan fingerprint density at radius 1 is 1.07 bits per heavy atom. The summed E-state index contributed by atoms with van der Waals surface area (Å²) >= 11 is 0. The highest BCUT2D eigenvalue weighted by atomic mass is 16.2. The molecule has 2 aliphatic heterocycles. The zero-order chi connectivity index (χ0) is 20.1. The van der Waals surface area contributed by atoms with Crippen LogP contribution in [-0.2, 0) is 11.2 Å². The van der Waals surface area contributed by atoms with Crippen molar-refractivity contribution in [1.82, 2.24) is 15.3 Å². The van der Waals surface area contributed by atoms with Crippen LogP contribution in [-0.4, -0.2) is 40.1 Å². The lowest BCUT2D eigenvalue weighted by Gasteiger charge is -2.25. The molecular weight excluding hydrogens is 360 g/mol. The Bertz CT molecular complexity index is 862. The van der Waals surface area contributed by atoms with Crippen LogP contribution in [0.3, 0.4) is 0 Å². The fourth-order valence-corrected chi connectivity index (χ4v) is 5.41. The summed E-state index contributed by atoms with van der Waals surface area (Å²) in [6.07, 6.45) is 12.0. The monoisotopic (exact) mass is 394 g/mol. The molecule has 1 saturated heterocycles. The first-order valence-electron chi connectivity index (χ1n) is 11.6. The van der Waals surface area contributed by atoms with E-state index in [-0.39, 0.29) is 5.91 Å². The number of hydrogen-bond donors (Lipinski definition) is 2. The van der Waals surface area contributed by atoms with Gasteiger partial charge in [-0.15, -0.1) is 0 Å². The zero-order valence-electron chi connectivity index (χ0n) is 18.1. The van der Waals surface area contributed by atoms with Gasteiger partial charge in [0.05, 0.1) is 11.3 Å². The molecule has 1 aromatic heterocycles. The number of carbonyl (C=O) groups excluding carboxylic acids is 1. The van der Waals surface area contributed by atoms with Gasteiger partial charge in [-0.25, -0.2) is 5.43 Å². The highest BCUT2D eigenvalue weighted by Gasteiger charge is 2.37. The SMILES string of the molecule is Cc1[nH]c(C=C2C(=O)NN=C2C2CC2)c(C2CC2)c1CCCN1C(C)CCC1C. The Labute approximate surface area is 174 Å². The van der Waals surface area contributed by atoms with E-state index >= 15 is 0 Å². The first-order valence-corrected chi connectivity index (χ1v) is 11.6. The van der Waals surface area contributed by atoms with Crippen molar-refractivity contribution in [2.75, 3.05) is 6.54 Å². The molecule has 5 heteroatoms. The van der Waals surface area contributed by atoms with Crippen molar-refractivity contribution >= 4 is 17.7 Å². The highest BCUT2D eigenvalue weighted by Crippen LogP contribution is 2.45. The van der Waals surface area contributed by atoms with E-state index in [4.69, 9.17) is 0 Å². The van der Waals surface area contributed by atoms with Crippen LogP contribution in [0.1, 0.15) is 87.2 Å². The average Bonchev–Trinajstić information content (AvgIpc) is 3.61. The summed E-state index contributed by atoms with van der Waals surface area (Å²) in [5, 5.41) is 4.31. The van der Waals surface area contributed by atoms with Gasteiger partial charge in [0.15, 0.2) is 0 Å². The molecule has 2 unspecified atom stereocenters. The minimum atomic E-state index is -0.0422. The molecule has 1 aromatic rings. The standard InChI is InChI=1S/C24H34N4O/c1-14-6-7-15(2)28(14)12-4-5-19-16(3)25-21(22(19)17-8-9-17)13-20-23(18-10-11-18)26-27-24(20)29/h13-15,17-18,25H,4-12H2,1-3H3,(H,27,29). The quantitative estimate of drug-likeness (QED) is 0.678. The van der Waals surface area contributed by atoms with Crippen molar-refractivity contribution in [2.24, 2.45) is 11.0 Å². The number of aromatic amines is 1. The van der Waals surface area contributed by atoms with Crippen molar-refractivity contribution in [1.29, 1.82) is 0 Å². The number of aromatic nitrogens is 1. The molecule has 2 aliphatic carbocycles. The maximum absolute atomic E-state index is 12.4. The molecule has 0 spiro atoms. The fourth-order valence-electron chi connectivity index (χ4n) is 5.41. The second-order valence-electron chi connectivity index (χ2n) is 9.72. The molecule has 2 saturated carbocycles. The van der Waals surface area contributed by atoms with E-state index in [0.29, 0.717) is 11.8 Å². The molecular formula is C24H34N4O. The van der Waals surface area contributed by atoms with Gasteiger partial charge < -0.3 is 4.98 Å². The third-order valence-electron chi connectivity index (χ3n) is 7.40. The van der Waals surface area contributed by atoms with Crippen LogP contribution in [0.25, 0.3) is 6.08 Å². The number of H-pyrrole nitrogens is 1. The van der Waals surface area contributed by atoms with Crippen molar-refractivity contribution in [3.8, 4) is 0 Å². The van der Waals surface area contributed by atoms with E-state index in [1.165, 1.54) is 55.5 Å². The normalized spacial score (nSPS) is 29.0. The van der Waals surface area contributed by atoms with E-state index in [2.05, 4.69) is 47.3 Å². The summed E-state index contributed by atoms with van der Waals surface area (Å²) in [6.45, 7) is 8.14. The summed E-state index contributed by atoms with van der Waals surface area (Å²) in [7, 11) is 0. The van der Waals surface area contributed by atoms with E-state index in [1.54, 1.807) is 0 Å². The molecule has 0 radical (unpaired) electrons. The molecule has 5 nitrogen and oxygen atoms in total. The first-order chi connectivity index (χ1) is 14.0. The number of nitrogens with zero attached hydrogens (tertiary/aromatic N) is 2. The highest BCUT2D eigenvalue weighted by molar-refractivity contribution is 6.28. The zero-order valence-corrected chi connectivity index (χ0v) is 18.1. The number of likely N-dealkylation sites (tertiary alicyclic amines) is 1. The molecule has 0 bridgehead atoms. The Kier molecular flexibility index (Phi) is 4.89. The van der Waals surface area contributed by atoms with Gasteiger partial charge in [0.25, 0.3) is 5.91 Å². The van der Waals surface area contributed by atoms with E-state index in [1.807, 2.05) is 0 Å². The van der Waals surface area contributed by atoms with Crippen molar-refractivity contribution in [3.63, 3.8) is 0 Å². The second-order valence-corrected chi connectivity index (χ2v) is 9.72. The average molecular weight is 395 g/mol. The first kappa shape index (κ1) is 19.1. The number of aryl methyl sites for hydroxylation is 1. The molecule has 3 fully saturated rings. The van der Waals surface area contributed by atoms with Gasteiger partial charge in [0, 0.05) is 29.4 Å². The van der Waals surface area contributed by atoms with Crippen LogP contribution in [0.5, 0.6) is 0 Å². The molecule has 156 valence electrons. The molecule has 1 amide bonds. The lowest BCUT2D eigenvalue weighted by Crippen LogP contribution is -2.33. The minimum Gasteiger partial charge on any atom is -0.359 e. The van der Waals surface area contributed by atoms with Gasteiger partial charge in [0.2, 0.25) is 0 Å². The van der Waals surface area contributed by atoms with E-state index in [9.17, 15) is 4.79 Å². The lowest BCUT2D eigenvalue weighted by molar-refractivity contribution is -0.116. The molecule has 2 atom stereocenters. The number of hydrogen-bond acceptors (Lipinski definition) is 3. The number of rotatable bonds is 7. The van der Waals surface area contributed by atoms with Crippen molar-refractivity contribution in [3.05, 3.63) is 28.1 Å². The Hall–Kier alpha value is -1.88. The topological polar surface area (TPSA) is 60.5 Å². The number of hydrazone groups is 1. The summed E-state index contributed by atoms with van der Waals surface area (Å²) in [4.78, 5) is 18.7. The van der Waals surface area contributed by atoms with Crippen molar-refractivity contribution < 1.29 is 4.79 Å². The predicted molar refractivity (Wildman–Crippen MR) is 117 cm³/mol. The van der Waals surface area contributed by atoms with Crippen LogP contribution in [0.4, 0.5) is 0 Å². The van der Waals surface area contributed by atoms with Crippen LogP contribution < -0.4 is 5.43 Å². The van der Waals surface area contributed by atoms with Crippen LogP contribution in [0.2, 0.25) is 0 Å². The van der Waals surface area contributed by atoms with Crippen LogP contribution >= 0.6 is 0 Å². The van der Waals surface area contributed by atoms with E-state index < -0.39 is 0 Å². The number of carbonyl (C=O) groups is 1. The fraction of sp³-hybridized carbons (Fsp3) is 0.667. The molecule has 29 heavy (non-hydrogen) atoms. The maximum Gasteiger partial charge on any atom is 0.273 e. The summed E-state index contributed by atoms with van der Waals surface area (Å²) in [6, 6.07) is 1.45. The molecule has 3 heterocycles. The molecule has 4 aliphatic rings. The second kappa shape index (κ2) is 7.42. The smallest absolute Gasteiger partial charge is 0.273 e. The Morgan fingerprint density at radius 3 is 2.41 bits per heavy atom. The van der Waals surface area contributed by atoms with Gasteiger partial charge in [0.1, 0.15) is 0 Å². The third-order valence-corrected chi connectivity index (χ3v) is 7.40. The van der Waals surface area contributed by atoms with E-state index in [0.717, 1.165) is 48.3 Å². The number of nitrogens with one attached hydrogen (secondary N) is 2. The van der Waals surface area contributed by atoms with Crippen LogP contribution in [0.15, 0.2) is 10.7 Å². The lowest BCUT2D eigenvalue weighted by atomic mass is 9.97. The Morgan fingerprint density at radius 2 is 1.76 bits per heavy atom. The third kappa shape index (κ3) is 3.70. The van der Waals surface area contributed by atoms with Gasteiger partial charge in [-0.1, -0.05) is 0 Å². The maximum atomic E-state index is 12.4. The Balaban J connectivity index is 1.36. The van der Waals surface area contributed by atoms with Crippen molar-refractivity contribution in [2.45, 2.75) is 90.1 Å². The predicted octanol–water partition coefficient (Wildman–Crippen LogP) is 4.29. The largest absolute Gasteiger partial charge is 0.359 e. The van der Waals surface area contributed by atoms with Gasteiger partial charge in [-0.3, -0.25) is 9.69 Å². The number of amides is 1.